The van der Waals surface area contributed by atoms with Crippen molar-refractivity contribution in [3.8, 4) is 0 Å². The van der Waals surface area contributed by atoms with Gasteiger partial charge in [-0.3, -0.25) is 0 Å². The molecule has 1 N–H and O–H groups in total. The molecule has 1 aromatic heterocycles. The van der Waals surface area contributed by atoms with Crippen molar-refractivity contribution in [1.29, 1.82) is 0 Å². The summed E-state index contributed by atoms with van der Waals surface area (Å²) in [7, 11) is 0. The Balaban J connectivity index is 2.28. The Morgan fingerprint density at radius 2 is 2.07 bits per heavy atom. The fourth-order valence-electron chi connectivity index (χ4n) is 1.59. The van der Waals surface area contributed by atoms with Crippen LogP contribution in [-0.4, -0.2) is 16.5 Å². The van der Waals surface area contributed by atoms with Crippen molar-refractivity contribution in [2.45, 2.75) is 13.3 Å². The van der Waals surface area contributed by atoms with Gasteiger partial charge in [-0.1, -0.05) is 25.1 Å². The lowest BCUT2D eigenvalue weighted by molar-refractivity contribution is 0.861. The van der Waals surface area contributed by atoms with Gasteiger partial charge in [-0.25, -0.2) is 4.98 Å². The zero-order chi connectivity index (χ0) is 10.5. The number of H-pyrrole nitrogens is 1. The molecule has 0 aliphatic rings. The Morgan fingerprint density at radius 1 is 1.27 bits per heavy atom. The molecule has 0 fully saturated rings. The first-order valence-corrected chi connectivity index (χ1v) is 5.24. The monoisotopic (exact) mass is 201 g/mol. The van der Waals surface area contributed by atoms with Crippen LogP contribution < -0.4 is 4.90 Å². The number of benzene rings is 1. The van der Waals surface area contributed by atoms with Crippen molar-refractivity contribution in [3.63, 3.8) is 0 Å². The van der Waals surface area contributed by atoms with Crippen LogP contribution in [-0.2, 0) is 0 Å². The Kier molecular flexibility index (Phi) is 3.02. The van der Waals surface area contributed by atoms with E-state index in [1.165, 1.54) is 5.69 Å². The maximum absolute atomic E-state index is 4.28. The molecule has 1 heterocycles. The lowest BCUT2D eigenvalue weighted by Gasteiger charge is -2.21. The molecule has 0 atom stereocenters. The number of para-hydroxylation sites is 1. The van der Waals surface area contributed by atoms with Gasteiger partial charge in [0.25, 0.3) is 0 Å². The average molecular weight is 201 g/mol. The molecular formula is C12H15N3. The number of nitrogens with zero attached hydrogens (tertiary/aromatic N) is 2. The molecule has 0 amide bonds. The van der Waals surface area contributed by atoms with Crippen LogP contribution in [0.2, 0.25) is 0 Å². The smallest absolute Gasteiger partial charge is 0.207 e. The number of hydrogen-bond acceptors (Lipinski definition) is 2. The summed E-state index contributed by atoms with van der Waals surface area (Å²) in [5.41, 5.74) is 1.18. The third-order valence-corrected chi connectivity index (χ3v) is 2.25. The predicted octanol–water partition coefficient (Wildman–Crippen LogP) is 2.96. The average Bonchev–Trinajstić information content (AvgIpc) is 2.80. The molecule has 3 nitrogen and oxygen atoms in total. The molecule has 0 bridgehead atoms. The summed E-state index contributed by atoms with van der Waals surface area (Å²) in [5.74, 6) is 0.906. The number of aromatic nitrogens is 2. The van der Waals surface area contributed by atoms with Crippen molar-refractivity contribution >= 4 is 11.6 Å². The normalized spacial score (nSPS) is 10.2. The molecule has 2 aromatic rings. The molecule has 78 valence electrons. The van der Waals surface area contributed by atoms with Crippen molar-refractivity contribution in [2.75, 3.05) is 11.4 Å². The van der Waals surface area contributed by atoms with Crippen LogP contribution in [0.5, 0.6) is 0 Å². The summed E-state index contributed by atoms with van der Waals surface area (Å²) in [6.07, 6.45) is 4.72. The Morgan fingerprint density at radius 3 is 2.67 bits per heavy atom. The summed E-state index contributed by atoms with van der Waals surface area (Å²) in [6, 6.07) is 10.3. The second kappa shape index (κ2) is 4.64. The zero-order valence-corrected chi connectivity index (χ0v) is 8.85. The summed E-state index contributed by atoms with van der Waals surface area (Å²) in [4.78, 5) is 9.60. The minimum Gasteiger partial charge on any atom is -0.331 e. The van der Waals surface area contributed by atoms with E-state index in [-0.39, 0.29) is 0 Å². The quantitative estimate of drug-likeness (QED) is 0.824. The number of aromatic amines is 1. The van der Waals surface area contributed by atoms with Crippen molar-refractivity contribution in [1.82, 2.24) is 9.97 Å². The van der Waals surface area contributed by atoms with Gasteiger partial charge in [0.2, 0.25) is 5.95 Å². The van der Waals surface area contributed by atoms with Crippen molar-refractivity contribution < 1.29 is 0 Å². The Labute approximate surface area is 89.8 Å². The Bertz CT molecular complexity index is 381. The predicted molar refractivity (Wildman–Crippen MR) is 62.3 cm³/mol. The molecule has 0 radical (unpaired) electrons. The van der Waals surface area contributed by atoms with Gasteiger partial charge in [0.05, 0.1) is 0 Å². The highest BCUT2D eigenvalue weighted by Gasteiger charge is 2.08. The van der Waals surface area contributed by atoms with E-state index < -0.39 is 0 Å². The molecular weight excluding hydrogens is 186 g/mol. The molecule has 0 saturated heterocycles. The number of nitrogens with one attached hydrogen (secondary N) is 1. The van der Waals surface area contributed by atoms with E-state index in [1.807, 2.05) is 24.4 Å². The van der Waals surface area contributed by atoms with Gasteiger partial charge in [0, 0.05) is 24.6 Å². The second-order valence-electron chi connectivity index (χ2n) is 3.40. The lowest BCUT2D eigenvalue weighted by atomic mass is 10.3. The molecule has 15 heavy (non-hydrogen) atoms. The molecule has 1 aromatic carbocycles. The van der Waals surface area contributed by atoms with Gasteiger partial charge in [-0.15, -0.1) is 0 Å². The van der Waals surface area contributed by atoms with Crippen molar-refractivity contribution in [2.24, 2.45) is 0 Å². The summed E-state index contributed by atoms with van der Waals surface area (Å²) >= 11 is 0. The van der Waals surface area contributed by atoms with Gasteiger partial charge in [0.1, 0.15) is 0 Å². The molecule has 3 heteroatoms. The number of hydrogen-bond donors (Lipinski definition) is 1. The van der Waals surface area contributed by atoms with Crippen LogP contribution in [0.3, 0.4) is 0 Å². The fourth-order valence-corrected chi connectivity index (χ4v) is 1.59. The largest absolute Gasteiger partial charge is 0.331 e. The Hall–Kier alpha value is -1.77. The fraction of sp³-hybridized carbons (Fsp3) is 0.250. The van der Waals surface area contributed by atoms with Gasteiger partial charge in [-0.05, 0) is 18.6 Å². The van der Waals surface area contributed by atoms with Crippen LogP contribution in [0, 0.1) is 0 Å². The van der Waals surface area contributed by atoms with Gasteiger partial charge < -0.3 is 9.88 Å². The SMILES string of the molecule is CCCN(c1ccccc1)c1ncc[nH]1. The van der Waals surface area contributed by atoms with E-state index in [4.69, 9.17) is 0 Å². The third kappa shape index (κ3) is 2.18. The van der Waals surface area contributed by atoms with E-state index in [0.29, 0.717) is 0 Å². The highest BCUT2D eigenvalue weighted by Crippen LogP contribution is 2.21. The minimum absolute atomic E-state index is 0.906. The van der Waals surface area contributed by atoms with E-state index in [0.717, 1.165) is 18.9 Å². The number of rotatable bonds is 4. The molecule has 0 aliphatic heterocycles. The van der Waals surface area contributed by atoms with E-state index in [2.05, 4.69) is 33.9 Å². The van der Waals surface area contributed by atoms with E-state index in [9.17, 15) is 0 Å². The van der Waals surface area contributed by atoms with Crippen LogP contribution in [0.25, 0.3) is 0 Å². The number of imidazole rings is 1. The molecule has 0 saturated carbocycles. The van der Waals surface area contributed by atoms with Gasteiger partial charge in [-0.2, -0.15) is 0 Å². The standard InChI is InChI=1S/C12H15N3/c1-2-10-15(12-13-8-9-14-12)11-6-4-3-5-7-11/h3-9H,2,10H2,1H3,(H,13,14). The molecule has 2 rings (SSSR count). The molecule has 0 spiro atoms. The first-order chi connectivity index (χ1) is 7.42. The first-order valence-electron chi connectivity index (χ1n) is 5.24. The summed E-state index contributed by atoms with van der Waals surface area (Å²) in [5, 5.41) is 0. The summed E-state index contributed by atoms with van der Waals surface area (Å²) < 4.78 is 0. The van der Waals surface area contributed by atoms with E-state index in [1.54, 1.807) is 6.20 Å². The van der Waals surface area contributed by atoms with Gasteiger partial charge in [0.15, 0.2) is 0 Å². The maximum atomic E-state index is 4.28. The highest BCUT2D eigenvalue weighted by atomic mass is 15.3. The zero-order valence-electron chi connectivity index (χ0n) is 8.85. The van der Waals surface area contributed by atoms with Crippen molar-refractivity contribution in [3.05, 3.63) is 42.7 Å². The maximum Gasteiger partial charge on any atom is 0.207 e. The second-order valence-corrected chi connectivity index (χ2v) is 3.40. The third-order valence-electron chi connectivity index (χ3n) is 2.25. The van der Waals surface area contributed by atoms with Crippen LogP contribution in [0.4, 0.5) is 11.6 Å². The minimum atomic E-state index is 0.906. The first kappa shape index (κ1) is 9.77. The number of anilines is 2. The van der Waals surface area contributed by atoms with Crippen LogP contribution in [0.1, 0.15) is 13.3 Å². The van der Waals surface area contributed by atoms with E-state index >= 15 is 0 Å². The highest BCUT2D eigenvalue weighted by molar-refractivity contribution is 5.56. The lowest BCUT2D eigenvalue weighted by Crippen LogP contribution is -2.18. The van der Waals surface area contributed by atoms with Gasteiger partial charge >= 0.3 is 0 Å². The molecule has 0 aliphatic carbocycles. The van der Waals surface area contributed by atoms with Crippen LogP contribution in [0.15, 0.2) is 42.7 Å². The van der Waals surface area contributed by atoms with Crippen LogP contribution >= 0.6 is 0 Å². The summed E-state index contributed by atoms with van der Waals surface area (Å²) in [6.45, 7) is 3.14. The topological polar surface area (TPSA) is 31.9 Å². The molecule has 0 unspecified atom stereocenters.